The summed E-state index contributed by atoms with van der Waals surface area (Å²) in [5, 5.41) is 0. The zero-order chi connectivity index (χ0) is 19.5. The molecule has 0 bridgehead atoms. The highest BCUT2D eigenvalue weighted by Crippen LogP contribution is 2.30. The molecule has 0 unspecified atom stereocenters. The maximum absolute atomic E-state index is 12.2. The van der Waals surface area contributed by atoms with Crippen molar-refractivity contribution in [2.75, 3.05) is 0 Å². The number of carbonyl (C=O) groups excluding carboxylic acids is 1. The monoisotopic (exact) mass is 363 g/mol. The zero-order valence-corrected chi connectivity index (χ0v) is 15.5. The highest BCUT2D eigenvalue weighted by Gasteiger charge is 2.30. The van der Waals surface area contributed by atoms with E-state index in [0.29, 0.717) is 6.04 Å². The number of fused-ring (bicyclic) bond motifs is 1. The average molecular weight is 363 g/mol. The fraction of sp³-hybridized carbons (Fsp3) is 0.381. The van der Waals surface area contributed by atoms with Crippen LogP contribution in [-0.2, 0) is 12.7 Å². The van der Waals surface area contributed by atoms with Crippen LogP contribution in [0.1, 0.15) is 60.7 Å². The van der Waals surface area contributed by atoms with Gasteiger partial charge in [-0.15, -0.1) is 0 Å². The zero-order valence-electron chi connectivity index (χ0n) is 15.5. The number of amides is 1. The van der Waals surface area contributed by atoms with Gasteiger partial charge in [0.05, 0.1) is 5.56 Å². The number of hydrogen-bond acceptors (Lipinski definition) is 1. The smallest absolute Gasteiger partial charge is 0.332 e. The molecule has 2 aromatic rings. The van der Waals surface area contributed by atoms with Gasteiger partial charge in [-0.2, -0.15) is 13.2 Å². The number of carbonyl (C=O) groups is 1. The first-order chi connectivity index (χ1) is 12.1. The molecule has 1 amide bonds. The number of halogens is 3. The maximum atomic E-state index is 12.2. The second kappa shape index (κ2) is 7.94. The van der Waals surface area contributed by atoms with Gasteiger partial charge >= 0.3 is 6.18 Å². The minimum absolute atomic E-state index is 0.127. The van der Waals surface area contributed by atoms with Crippen molar-refractivity contribution in [3.63, 3.8) is 0 Å². The number of nitrogens with zero attached hydrogens (tertiary/aromatic N) is 1. The van der Waals surface area contributed by atoms with Gasteiger partial charge in [0.25, 0.3) is 5.91 Å². The van der Waals surface area contributed by atoms with E-state index in [1.165, 1.54) is 12.1 Å². The fourth-order valence-electron chi connectivity index (χ4n) is 2.77. The molecule has 0 saturated carbocycles. The van der Waals surface area contributed by atoms with Crippen molar-refractivity contribution in [3.05, 3.63) is 70.8 Å². The first-order valence-corrected chi connectivity index (χ1v) is 8.67. The van der Waals surface area contributed by atoms with Crippen molar-refractivity contribution in [3.8, 4) is 0 Å². The maximum Gasteiger partial charge on any atom is 0.416 e. The Morgan fingerprint density at radius 2 is 1.62 bits per heavy atom. The van der Waals surface area contributed by atoms with Crippen molar-refractivity contribution < 1.29 is 18.0 Å². The van der Waals surface area contributed by atoms with E-state index in [4.69, 9.17) is 0 Å². The molecule has 0 N–H and O–H groups in total. The van der Waals surface area contributed by atoms with E-state index in [0.717, 1.165) is 29.3 Å². The Labute approximate surface area is 152 Å². The number of hydrogen-bond donors (Lipinski definition) is 0. The molecule has 140 valence electrons. The minimum Gasteiger partial charge on any atom is -0.332 e. The van der Waals surface area contributed by atoms with E-state index in [1.807, 2.05) is 56.9 Å². The number of benzene rings is 2. The second-order valence-electron chi connectivity index (χ2n) is 6.96. The average Bonchev–Trinajstić information content (AvgIpc) is 2.92. The third kappa shape index (κ3) is 4.65. The predicted molar refractivity (Wildman–Crippen MR) is 97.0 cm³/mol. The van der Waals surface area contributed by atoms with Gasteiger partial charge in [0.1, 0.15) is 0 Å². The summed E-state index contributed by atoms with van der Waals surface area (Å²) in [5.74, 6) is 0.299. The molecule has 0 aromatic heterocycles. The summed E-state index contributed by atoms with van der Waals surface area (Å²) in [6, 6.07) is 13.6. The summed E-state index contributed by atoms with van der Waals surface area (Å²) in [7, 11) is 0. The normalized spacial score (nSPS) is 13.7. The van der Waals surface area contributed by atoms with Gasteiger partial charge in [-0.25, -0.2) is 0 Å². The predicted octanol–water partition coefficient (Wildman–Crippen LogP) is 5.88. The quantitative estimate of drug-likeness (QED) is 0.652. The molecule has 0 fully saturated rings. The lowest BCUT2D eigenvalue weighted by Gasteiger charge is -2.19. The Morgan fingerprint density at radius 1 is 0.962 bits per heavy atom. The van der Waals surface area contributed by atoms with Crippen LogP contribution >= 0.6 is 0 Å². The van der Waals surface area contributed by atoms with Gasteiger partial charge in [-0.1, -0.05) is 50.2 Å². The fourth-order valence-corrected chi connectivity index (χ4v) is 2.77. The minimum atomic E-state index is -4.23. The molecule has 0 aliphatic carbocycles. The van der Waals surface area contributed by atoms with Crippen LogP contribution in [0.15, 0.2) is 48.5 Å². The Hall–Kier alpha value is -2.30. The van der Waals surface area contributed by atoms with Gasteiger partial charge < -0.3 is 4.90 Å². The van der Waals surface area contributed by atoms with Gasteiger partial charge in [0, 0.05) is 18.2 Å². The van der Waals surface area contributed by atoms with E-state index in [9.17, 15) is 18.0 Å². The standard InChI is InChI=1S/C11H13NO.C10H11F3/c1-8(2)12-7-9-5-3-4-6-10(9)11(12)13;1-7(2)8-4-3-5-9(6-8)10(11,12)13/h3-6,8H,7H2,1-2H3;3-7H,1-2H3. The van der Waals surface area contributed by atoms with E-state index in [1.54, 1.807) is 6.07 Å². The Kier molecular flexibility index (Phi) is 6.11. The van der Waals surface area contributed by atoms with Crippen LogP contribution in [0, 0.1) is 0 Å². The summed E-state index contributed by atoms with van der Waals surface area (Å²) in [4.78, 5) is 13.7. The molecule has 1 aliphatic heterocycles. The van der Waals surface area contributed by atoms with Crippen LogP contribution in [0.3, 0.4) is 0 Å². The third-order valence-corrected chi connectivity index (χ3v) is 4.35. The lowest BCUT2D eigenvalue weighted by Crippen LogP contribution is -2.30. The van der Waals surface area contributed by atoms with Gasteiger partial charge in [0.15, 0.2) is 0 Å². The van der Waals surface area contributed by atoms with Gasteiger partial charge in [0.2, 0.25) is 0 Å². The Morgan fingerprint density at radius 3 is 2.15 bits per heavy atom. The highest BCUT2D eigenvalue weighted by molar-refractivity contribution is 5.98. The summed E-state index contributed by atoms with van der Waals surface area (Å²) >= 11 is 0. The molecular weight excluding hydrogens is 339 g/mol. The molecule has 3 rings (SSSR count). The van der Waals surface area contributed by atoms with Gasteiger partial charge in [-0.3, -0.25) is 4.79 Å². The molecule has 0 saturated heterocycles. The van der Waals surface area contributed by atoms with E-state index >= 15 is 0 Å². The molecule has 1 heterocycles. The highest BCUT2D eigenvalue weighted by atomic mass is 19.4. The Bertz CT molecular complexity index is 766. The SMILES string of the molecule is CC(C)N1Cc2ccccc2C1=O.CC(C)c1cccc(C(F)(F)F)c1. The summed E-state index contributed by atoms with van der Waals surface area (Å²) in [6.45, 7) is 8.60. The number of alkyl halides is 3. The lowest BCUT2D eigenvalue weighted by atomic mass is 10.0. The van der Waals surface area contributed by atoms with Crippen molar-refractivity contribution >= 4 is 5.91 Å². The lowest BCUT2D eigenvalue weighted by molar-refractivity contribution is -0.137. The van der Waals surface area contributed by atoms with Gasteiger partial charge in [-0.05, 0) is 43.0 Å². The van der Waals surface area contributed by atoms with Crippen molar-refractivity contribution in [2.45, 2.75) is 52.4 Å². The van der Waals surface area contributed by atoms with E-state index in [2.05, 4.69) is 0 Å². The molecule has 2 aromatic carbocycles. The molecule has 2 nitrogen and oxygen atoms in total. The van der Waals surface area contributed by atoms with Crippen molar-refractivity contribution in [1.82, 2.24) is 4.90 Å². The second-order valence-corrected chi connectivity index (χ2v) is 6.96. The van der Waals surface area contributed by atoms with E-state index < -0.39 is 11.7 Å². The summed E-state index contributed by atoms with van der Waals surface area (Å²) < 4.78 is 36.7. The molecule has 26 heavy (non-hydrogen) atoms. The number of rotatable bonds is 2. The first-order valence-electron chi connectivity index (χ1n) is 8.67. The van der Waals surface area contributed by atoms with E-state index in [-0.39, 0.29) is 11.8 Å². The Balaban J connectivity index is 0.000000187. The topological polar surface area (TPSA) is 20.3 Å². The van der Waals surface area contributed by atoms with Crippen LogP contribution in [0.4, 0.5) is 13.2 Å². The van der Waals surface area contributed by atoms with Crippen molar-refractivity contribution in [1.29, 1.82) is 0 Å². The summed E-state index contributed by atoms with van der Waals surface area (Å²) in [6.07, 6.45) is -4.23. The molecule has 0 radical (unpaired) electrons. The molecule has 0 atom stereocenters. The van der Waals surface area contributed by atoms with Crippen LogP contribution in [-0.4, -0.2) is 16.8 Å². The first kappa shape index (κ1) is 20.0. The molecule has 0 spiro atoms. The molecule has 1 aliphatic rings. The van der Waals surface area contributed by atoms with Crippen molar-refractivity contribution in [2.24, 2.45) is 0 Å². The van der Waals surface area contributed by atoms with Crippen LogP contribution in [0.2, 0.25) is 0 Å². The van der Waals surface area contributed by atoms with Crippen LogP contribution in [0.5, 0.6) is 0 Å². The molecular formula is C21H24F3NO. The van der Waals surface area contributed by atoms with Crippen LogP contribution < -0.4 is 0 Å². The largest absolute Gasteiger partial charge is 0.416 e. The summed E-state index contributed by atoms with van der Waals surface area (Å²) in [5.41, 5.74) is 2.17. The molecule has 5 heteroatoms. The third-order valence-electron chi connectivity index (χ3n) is 4.35. The van der Waals surface area contributed by atoms with Crippen LogP contribution in [0.25, 0.3) is 0 Å².